The van der Waals surface area contributed by atoms with Crippen LogP contribution in [0.3, 0.4) is 0 Å². The van der Waals surface area contributed by atoms with Gasteiger partial charge in [0.2, 0.25) is 0 Å². The molecule has 0 heterocycles. The molecule has 0 saturated carbocycles. The van der Waals surface area contributed by atoms with Crippen LogP contribution in [0.1, 0.15) is 30.9 Å². The second-order valence-corrected chi connectivity index (χ2v) is 5.39. The van der Waals surface area contributed by atoms with Crippen molar-refractivity contribution in [1.29, 1.82) is 0 Å². The van der Waals surface area contributed by atoms with E-state index in [4.69, 9.17) is 4.74 Å². The minimum Gasteiger partial charge on any atom is -0.487 e. The summed E-state index contributed by atoms with van der Waals surface area (Å²) in [6.07, 6.45) is 1.91. The molecule has 1 atom stereocenters. The molecule has 0 aromatic heterocycles. The lowest BCUT2D eigenvalue weighted by atomic mass is 10.1. The van der Waals surface area contributed by atoms with Crippen molar-refractivity contribution < 1.29 is 9.66 Å². The molecule has 106 valence electrons. The Balaban J connectivity index is 2.75. The Morgan fingerprint density at radius 1 is 1.37 bits per heavy atom. The first-order valence-electron chi connectivity index (χ1n) is 6.45. The minimum atomic E-state index is -0.382. The number of ether oxygens (including phenoxy) is 1. The molecule has 19 heavy (non-hydrogen) atoms. The van der Waals surface area contributed by atoms with Crippen molar-refractivity contribution in [2.45, 2.75) is 33.6 Å². The molecule has 4 nitrogen and oxygen atoms in total. The summed E-state index contributed by atoms with van der Waals surface area (Å²) in [5, 5.41) is 11.0. The zero-order valence-electron chi connectivity index (χ0n) is 11.7. The van der Waals surface area contributed by atoms with Crippen LogP contribution in [0.15, 0.2) is 12.1 Å². The van der Waals surface area contributed by atoms with Gasteiger partial charge < -0.3 is 4.74 Å². The maximum absolute atomic E-state index is 11.0. The van der Waals surface area contributed by atoms with E-state index < -0.39 is 0 Å². The van der Waals surface area contributed by atoms with Gasteiger partial charge >= 0.3 is 5.69 Å². The lowest BCUT2D eigenvalue weighted by Crippen LogP contribution is -2.07. The molecule has 1 rings (SSSR count). The Hall–Kier alpha value is -1.23. The van der Waals surface area contributed by atoms with E-state index in [0.29, 0.717) is 18.3 Å². The van der Waals surface area contributed by atoms with Gasteiger partial charge in [-0.1, -0.05) is 13.0 Å². The standard InChI is InChI=1S/C14H21NO3S/c1-10(5-7-19)4-6-18-14-12(3)8-11(2)9-13(14)15(16)17/h8-10,19H,4-7H2,1-3H3. The highest BCUT2D eigenvalue weighted by atomic mass is 32.1. The summed E-state index contributed by atoms with van der Waals surface area (Å²) in [5.41, 5.74) is 1.74. The molecule has 0 aliphatic carbocycles. The molecule has 0 N–H and O–H groups in total. The van der Waals surface area contributed by atoms with E-state index in [0.717, 1.165) is 29.7 Å². The number of nitro benzene ring substituents is 1. The lowest BCUT2D eigenvalue weighted by Gasteiger charge is -2.13. The monoisotopic (exact) mass is 283 g/mol. The first kappa shape index (κ1) is 15.8. The topological polar surface area (TPSA) is 52.4 Å². The largest absolute Gasteiger partial charge is 0.487 e. The maximum Gasteiger partial charge on any atom is 0.311 e. The van der Waals surface area contributed by atoms with Crippen LogP contribution in [-0.4, -0.2) is 17.3 Å². The van der Waals surface area contributed by atoms with E-state index in [1.165, 1.54) is 0 Å². The Bertz CT molecular complexity index is 449. The fourth-order valence-corrected chi connectivity index (χ4v) is 2.42. The first-order chi connectivity index (χ1) is 8.95. The predicted octanol–water partition coefficient (Wildman–Crippen LogP) is 3.94. The molecule has 1 unspecified atom stereocenters. The predicted molar refractivity (Wildman–Crippen MR) is 80.3 cm³/mol. The molecular weight excluding hydrogens is 262 g/mol. The third kappa shape index (κ3) is 4.74. The van der Waals surface area contributed by atoms with Gasteiger partial charge in [0.25, 0.3) is 0 Å². The SMILES string of the molecule is Cc1cc(C)c(OCCC(C)CCS)c([N+](=O)[O-])c1. The number of thiol groups is 1. The summed E-state index contributed by atoms with van der Waals surface area (Å²) in [5.74, 6) is 1.77. The maximum atomic E-state index is 11.0. The third-order valence-electron chi connectivity index (χ3n) is 3.08. The molecule has 1 aromatic carbocycles. The lowest BCUT2D eigenvalue weighted by molar-refractivity contribution is -0.386. The second-order valence-electron chi connectivity index (χ2n) is 4.94. The fraction of sp³-hybridized carbons (Fsp3) is 0.571. The van der Waals surface area contributed by atoms with Crippen molar-refractivity contribution in [2.24, 2.45) is 5.92 Å². The first-order valence-corrected chi connectivity index (χ1v) is 7.08. The van der Waals surface area contributed by atoms with Crippen LogP contribution < -0.4 is 4.74 Å². The highest BCUT2D eigenvalue weighted by Gasteiger charge is 2.18. The van der Waals surface area contributed by atoms with Gasteiger partial charge in [-0.3, -0.25) is 10.1 Å². The van der Waals surface area contributed by atoms with E-state index in [-0.39, 0.29) is 10.6 Å². The Kier molecular flexibility index (Phi) is 6.15. The number of benzene rings is 1. The Labute approximate surface area is 119 Å². The number of nitrogens with zero attached hydrogens (tertiary/aromatic N) is 1. The zero-order chi connectivity index (χ0) is 14.4. The van der Waals surface area contributed by atoms with Crippen molar-refractivity contribution in [3.8, 4) is 5.75 Å². The highest BCUT2D eigenvalue weighted by molar-refractivity contribution is 7.80. The Morgan fingerprint density at radius 2 is 2.05 bits per heavy atom. The van der Waals surface area contributed by atoms with Crippen LogP contribution in [0.5, 0.6) is 5.75 Å². The summed E-state index contributed by atoms with van der Waals surface area (Å²) < 4.78 is 5.63. The van der Waals surface area contributed by atoms with Crippen LogP contribution >= 0.6 is 12.6 Å². The van der Waals surface area contributed by atoms with Crippen LogP contribution in [0.4, 0.5) is 5.69 Å². The molecule has 0 amide bonds. The van der Waals surface area contributed by atoms with Gasteiger partial charge in [-0.2, -0.15) is 12.6 Å². The van der Waals surface area contributed by atoms with Crippen LogP contribution in [-0.2, 0) is 0 Å². The van der Waals surface area contributed by atoms with E-state index in [9.17, 15) is 10.1 Å². The van der Waals surface area contributed by atoms with Gasteiger partial charge in [-0.25, -0.2) is 0 Å². The fourth-order valence-electron chi connectivity index (χ4n) is 1.98. The van der Waals surface area contributed by atoms with Gasteiger partial charge in [0.05, 0.1) is 11.5 Å². The highest BCUT2D eigenvalue weighted by Crippen LogP contribution is 2.32. The zero-order valence-corrected chi connectivity index (χ0v) is 12.6. The van der Waals surface area contributed by atoms with Crippen LogP contribution in [0.25, 0.3) is 0 Å². The molecule has 0 fully saturated rings. The summed E-state index contributed by atoms with van der Waals surface area (Å²) in [7, 11) is 0. The summed E-state index contributed by atoms with van der Waals surface area (Å²) in [4.78, 5) is 10.7. The average Bonchev–Trinajstić information content (AvgIpc) is 2.31. The van der Waals surface area contributed by atoms with Crippen molar-refractivity contribution in [3.05, 3.63) is 33.4 Å². The van der Waals surface area contributed by atoms with Gasteiger partial charge in [0.1, 0.15) is 0 Å². The van der Waals surface area contributed by atoms with Crippen molar-refractivity contribution in [1.82, 2.24) is 0 Å². The van der Waals surface area contributed by atoms with Crippen molar-refractivity contribution in [3.63, 3.8) is 0 Å². The normalized spacial score (nSPS) is 12.2. The molecular formula is C14H21NO3S. The molecule has 1 aromatic rings. The summed E-state index contributed by atoms with van der Waals surface area (Å²) in [6, 6.07) is 3.46. The number of nitro groups is 1. The van der Waals surface area contributed by atoms with Crippen LogP contribution in [0.2, 0.25) is 0 Å². The molecule has 0 spiro atoms. The smallest absolute Gasteiger partial charge is 0.311 e. The number of aryl methyl sites for hydroxylation is 2. The summed E-state index contributed by atoms with van der Waals surface area (Å²) >= 11 is 4.19. The molecule has 0 bridgehead atoms. The van der Waals surface area contributed by atoms with Gasteiger partial charge in [-0.15, -0.1) is 0 Å². The van der Waals surface area contributed by atoms with E-state index in [1.807, 2.05) is 19.9 Å². The molecule has 0 radical (unpaired) electrons. The minimum absolute atomic E-state index is 0.0550. The van der Waals surface area contributed by atoms with Crippen LogP contribution in [0, 0.1) is 29.9 Å². The Morgan fingerprint density at radius 3 is 2.63 bits per heavy atom. The molecule has 0 aliphatic rings. The van der Waals surface area contributed by atoms with E-state index >= 15 is 0 Å². The second kappa shape index (κ2) is 7.38. The molecule has 0 aliphatic heterocycles. The number of hydrogen-bond donors (Lipinski definition) is 1. The van der Waals surface area contributed by atoms with Crippen molar-refractivity contribution in [2.75, 3.05) is 12.4 Å². The van der Waals surface area contributed by atoms with E-state index in [1.54, 1.807) is 6.07 Å². The van der Waals surface area contributed by atoms with Gasteiger partial charge in [0, 0.05) is 6.07 Å². The van der Waals surface area contributed by atoms with Gasteiger partial charge in [0.15, 0.2) is 5.75 Å². The third-order valence-corrected chi connectivity index (χ3v) is 3.33. The van der Waals surface area contributed by atoms with E-state index in [2.05, 4.69) is 19.6 Å². The molecule has 5 heteroatoms. The quantitative estimate of drug-likeness (QED) is 0.468. The number of rotatable bonds is 7. The summed E-state index contributed by atoms with van der Waals surface area (Å²) in [6.45, 7) is 6.32. The van der Waals surface area contributed by atoms with Gasteiger partial charge in [-0.05, 0) is 49.5 Å². The number of hydrogen-bond acceptors (Lipinski definition) is 4. The average molecular weight is 283 g/mol. The molecule has 0 saturated heterocycles. The van der Waals surface area contributed by atoms with Crippen molar-refractivity contribution >= 4 is 18.3 Å².